The summed E-state index contributed by atoms with van der Waals surface area (Å²) in [6.07, 6.45) is 0. The zero-order valence-electron chi connectivity index (χ0n) is 12.9. The average Bonchev–Trinajstić information content (AvgIpc) is 2.81. The van der Waals surface area contributed by atoms with Crippen molar-refractivity contribution in [1.82, 2.24) is 15.5 Å². The smallest absolute Gasteiger partial charge is 0.191 e. The van der Waals surface area contributed by atoms with Crippen molar-refractivity contribution < 1.29 is 0 Å². The maximum absolute atomic E-state index is 4.63. The fourth-order valence-corrected chi connectivity index (χ4v) is 2.41. The van der Waals surface area contributed by atoms with Gasteiger partial charge in [0.15, 0.2) is 5.96 Å². The number of likely N-dealkylation sites (N-methyl/N-ethyl adjacent to an activating group) is 1. The highest BCUT2D eigenvalue weighted by Gasteiger charge is 2.01. The van der Waals surface area contributed by atoms with E-state index < -0.39 is 0 Å². The molecule has 0 aromatic carbocycles. The summed E-state index contributed by atoms with van der Waals surface area (Å²) in [4.78, 5) is 8.24. The van der Waals surface area contributed by atoms with Crippen molar-refractivity contribution in [3.05, 3.63) is 21.9 Å². The van der Waals surface area contributed by atoms with Gasteiger partial charge in [-0.25, -0.2) is 4.99 Å². The Morgan fingerprint density at radius 1 is 1.35 bits per heavy atom. The molecule has 0 atom stereocenters. The van der Waals surface area contributed by atoms with Crippen molar-refractivity contribution in [2.75, 3.05) is 33.2 Å². The summed E-state index contributed by atoms with van der Waals surface area (Å²) >= 11 is 1.77. The van der Waals surface area contributed by atoms with E-state index >= 15 is 0 Å². The summed E-state index contributed by atoms with van der Waals surface area (Å²) in [5, 5.41) is 8.77. The molecule has 0 aliphatic rings. The number of nitrogens with one attached hydrogen (secondary N) is 2. The van der Waals surface area contributed by atoms with Gasteiger partial charge in [0, 0.05) is 24.5 Å². The van der Waals surface area contributed by atoms with E-state index in [1.807, 2.05) is 0 Å². The summed E-state index contributed by atoms with van der Waals surface area (Å²) < 4.78 is 0. The first-order valence-corrected chi connectivity index (χ1v) is 7.79. The zero-order valence-corrected chi connectivity index (χ0v) is 16.0. The SMILES string of the molecule is CCNC(=NCc1sccc1C)NCCN(C)CC.I. The summed E-state index contributed by atoms with van der Waals surface area (Å²) in [5.41, 5.74) is 1.33. The Morgan fingerprint density at radius 3 is 2.65 bits per heavy atom. The quantitative estimate of drug-likeness (QED) is 0.413. The van der Waals surface area contributed by atoms with Crippen LogP contribution in [0.25, 0.3) is 0 Å². The lowest BCUT2D eigenvalue weighted by Crippen LogP contribution is -2.40. The van der Waals surface area contributed by atoms with Crippen LogP contribution in [0.5, 0.6) is 0 Å². The third-order valence-corrected chi connectivity index (χ3v) is 4.03. The minimum atomic E-state index is 0. The van der Waals surface area contributed by atoms with Gasteiger partial charge in [-0.05, 0) is 44.4 Å². The van der Waals surface area contributed by atoms with Gasteiger partial charge in [-0.1, -0.05) is 6.92 Å². The molecule has 0 unspecified atom stereocenters. The van der Waals surface area contributed by atoms with Crippen LogP contribution in [0.15, 0.2) is 16.4 Å². The van der Waals surface area contributed by atoms with Crippen molar-refractivity contribution in [2.45, 2.75) is 27.3 Å². The van der Waals surface area contributed by atoms with Crippen molar-refractivity contribution >= 4 is 41.3 Å². The number of aliphatic imine (C=N–C) groups is 1. The van der Waals surface area contributed by atoms with E-state index in [9.17, 15) is 0 Å². The largest absolute Gasteiger partial charge is 0.357 e. The number of hydrogen-bond donors (Lipinski definition) is 2. The molecule has 1 aromatic rings. The monoisotopic (exact) mass is 410 g/mol. The van der Waals surface area contributed by atoms with Gasteiger partial charge in [0.2, 0.25) is 0 Å². The minimum absolute atomic E-state index is 0. The Kier molecular flexibility index (Phi) is 11.1. The van der Waals surface area contributed by atoms with Gasteiger partial charge in [-0.3, -0.25) is 0 Å². The molecule has 1 aromatic heterocycles. The lowest BCUT2D eigenvalue weighted by atomic mass is 10.3. The Hall–Kier alpha value is -0.340. The van der Waals surface area contributed by atoms with E-state index in [0.717, 1.165) is 38.7 Å². The molecule has 0 saturated carbocycles. The van der Waals surface area contributed by atoms with E-state index in [1.165, 1.54) is 10.4 Å². The first-order valence-electron chi connectivity index (χ1n) is 6.91. The molecule has 0 aliphatic heterocycles. The second kappa shape index (κ2) is 11.3. The molecule has 0 saturated heterocycles. The predicted octanol–water partition coefficient (Wildman–Crippen LogP) is 2.68. The molecule has 0 aliphatic carbocycles. The predicted molar refractivity (Wildman–Crippen MR) is 100 cm³/mol. The summed E-state index contributed by atoms with van der Waals surface area (Å²) in [7, 11) is 2.13. The number of hydrogen-bond acceptors (Lipinski definition) is 3. The molecule has 1 rings (SSSR count). The van der Waals surface area contributed by atoms with Gasteiger partial charge in [-0.2, -0.15) is 0 Å². The van der Waals surface area contributed by atoms with Crippen LogP contribution >= 0.6 is 35.3 Å². The van der Waals surface area contributed by atoms with Crippen LogP contribution in [-0.4, -0.2) is 44.1 Å². The molecule has 6 heteroatoms. The Balaban J connectivity index is 0.00000361. The molecule has 20 heavy (non-hydrogen) atoms. The van der Waals surface area contributed by atoms with Crippen LogP contribution in [0.3, 0.4) is 0 Å². The van der Waals surface area contributed by atoms with Crippen LogP contribution in [-0.2, 0) is 6.54 Å². The summed E-state index contributed by atoms with van der Waals surface area (Å²) in [6.45, 7) is 11.0. The number of guanidine groups is 1. The first-order chi connectivity index (χ1) is 9.17. The second-order valence-corrected chi connectivity index (χ2v) is 5.55. The van der Waals surface area contributed by atoms with E-state index in [-0.39, 0.29) is 24.0 Å². The number of aryl methyl sites for hydroxylation is 1. The normalized spacial score (nSPS) is 11.3. The summed E-state index contributed by atoms with van der Waals surface area (Å²) in [6, 6.07) is 2.14. The van der Waals surface area contributed by atoms with Gasteiger partial charge in [-0.15, -0.1) is 35.3 Å². The van der Waals surface area contributed by atoms with Crippen molar-refractivity contribution in [3.63, 3.8) is 0 Å². The summed E-state index contributed by atoms with van der Waals surface area (Å²) in [5.74, 6) is 0.903. The van der Waals surface area contributed by atoms with Crippen LogP contribution in [0.2, 0.25) is 0 Å². The molecule has 4 nitrogen and oxygen atoms in total. The Morgan fingerprint density at radius 2 is 2.10 bits per heavy atom. The molecule has 0 fully saturated rings. The molecule has 0 amide bonds. The fourth-order valence-electron chi connectivity index (χ4n) is 1.58. The maximum Gasteiger partial charge on any atom is 0.191 e. The van der Waals surface area contributed by atoms with Gasteiger partial charge < -0.3 is 15.5 Å². The van der Waals surface area contributed by atoms with Crippen LogP contribution in [0.1, 0.15) is 24.3 Å². The maximum atomic E-state index is 4.63. The first kappa shape index (κ1) is 19.7. The topological polar surface area (TPSA) is 39.7 Å². The van der Waals surface area contributed by atoms with Crippen molar-refractivity contribution in [3.8, 4) is 0 Å². The molecule has 0 bridgehead atoms. The van der Waals surface area contributed by atoms with Crippen LogP contribution in [0.4, 0.5) is 0 Å². The third kappa shape index (κ3) is 7.44. The fraction of sp³-hybridized carbons (Fsp3) is 0.643. The third-order valence-electron chi connectivity index (χ3n) is 3.02. The van der Waals surface area contributed by atoms with E-state index in [4.69, 9.17) is 0 Å². The van der Waals surface area contributed by atoms with E-state index in [1.54, 1.807) is 11.3 Å². The number of thiophene rings is 1. The Labute approximate surface area is 144 Å². The highest BCUT2D eigenvalue weighted by atomic mass is 127. The average molecular weight is 410 g/mol. The molecule has 116 valence electrons. The van der Waals surface area contributed by atoms with Gasteiger partial charge in [0.05, 0.1) is 6.54 Å². The Bertz CT molecular complexity index is 392. The van der Waals surface area contributed by atoms with Crippen LogP contribution in [0, 0.1) is 6.92 Å². The lowest BCUT2D eigenvalue weighted by molar-refractivity contribution is 0.357. The molecular weight excluding hydrogens is 383 g/mol. The van der Waals surface area contributed by atoms with Crippen LogP contribution < -0.4 is 10.6 Å². The number of halogens is 1. The van der Waals surface area contributed by atoms with Gasteiger partial charge in [0.25, 0.3) is 0 Å². The highest BCUT2D eigenvalue weighted by Crippen LogP contribution is 2.16. The van der Waals surface area contributed by atoms with E-state index in [0.29, 0.717) is 0 Å². The zero-order chi connectivity index (χ0) is 14.1. The molecule has 1 heterocycles. The standard InChI is InChI=1S/C14H26N4S.HI/c1-5-15-14(16-8-9-18(4)6-2)17-11-13-12(3)7-10-19-13;/h7,10H,5-6,8-9,11H2,1-4H3,(H2,15,16,17);1H. The van der Waals surface area contributed by atoms with E-state index in [2.05, 4.69) is 59.8 Å². The number of nitrogens with zero attached hydrogens (tertiary/aromatic N) is 2. The van der Waals surface area contributed by atoms with Crippen molar-refractivity contribution in [1.29, 1.82) is 0 Å². The molecule has 2 N–H and O–H groups in total. The highest BCUT2D eigenvalue weighted by molar-refractivity contribution is 14.0. The molecule has 0 radical (unpaired) electrons. The molecular formula is C14H27IN4S. The molecule has 0 spiro atoms. The van der Waals surface area contributed by atoms with Crippen molar-refractivity contribution in [2.24, 2.45) is 4.99 Å². The van der Waals surface area contributed by atoms with Gasteiger partial charge >= 0.3 is 0 Å². The van der Waals surface area contributed by atoms with Gasteiger partial charge in [0.1, 0.15) is 0 Å². The second-order valence-electron chi connectivity index (χ2n) is 4.54. The minimum Gasteiger partial charge on any atom is -0.357 e. The number of rotatable bonds is 7. The lowest BCUT2D eigenvalue weighted by Gasteiger charge is -2.16.